The Labute approximate surface area is 208 Å². The second-order valence-electron chi connectivity index (χ2n) is 9.53. The Morgan fingerprint density at radius 3 is 2.60 bits per heavy atom. The van der Waals surface area contributed by atoms with E-state index in [9.17, 15) is 18.0 Å². The van der Waals surface area contributed by atoms with Crippen LogP contribution in [0.4, 0.5) is 0 Å². The number of sulfone groups is 1. The first-order valence-corrected chi connectivity index (χ1v) is 14.3. The summed E-state index contributed by atoms with van der Waals surface area (Å²) in [6.45, 7) is 1.67. The van der Waals surface area contributed by atoms with Gasteiger partial charge in [-0.05, 0) is 73.9 Å². The van der Waals surface area contributed by atoms with Crippen molar-refractivity contribution in [3.8, 4) is 5.75 Å². The largest absolute Gasteiger partial charge is 0.494 e. The molecule has 2 bridgehead atoms. The van der Waals surface area contributed by atoms with E-state index >= 15 is 0 Å². The molecule has 2 aromatic carbocycles. The van der Waals surface area contributed by atoms with Crippen molar-refractivity contribution in [2.45, 2.75) is 55.9 Å². The molecule has 7 nitrogen and oxygen atoms in total. The number of rotatable bonds is 3. The van der Waals surface area contributed by atoms with Crippen LogP contribution in [0.1, 0.15) is 43.2 Å². The van der Waals surface area contributed by atoms with Crippen LogP contribution in [0.3, 0.4) is 0 Å². The van der Waals surface area contributed by atoms with Crippen LogP contribution in [0.2, 0.25) is 0 Å². The minimum Gasteiger partial charge on any atom is -0.494 e. The third-order valence-corrected chi connectivity index (χ3v) is 7.97. The summed E-state index contributed by atoms with van der Waals surface area (Å²) >= 11 is 0. The van der Waals surface area contributed by atoms with Crippen molar-refractivity contribution in [3.05, 3.63) is 59.7 Å². The maximum atomic E-state index is 13.4. The molecule has 2 aromatic rings. The molecular formula is C27H34N2O5S. The fourth-order valence-corrected chi connectivity index (χ4v) is 5.52. The molecule has 0 radical (unpaired) electrons. The minimum absolute atomic E-state index is 0.00204. The van der Waals surface area contributed by atoms with E-state index in [2.05, 4.69) is 12.1 Å². The maximum Gasteiger partial charge on any atom is 0.242 e. The van der Waals surface area contributed by atoms with Gasteiger partial charge >= 0.3 is 0 Å². The molecule has 8 heteroatoms. The molecule has 188 valence electrons. The zero-order chi connectivity index (χ0) is 24.8. The average Bonchev–Trinajstić information content (AvgIpc) is 2.84. The summed E-state index contributed by atoms with van der Waals surface area (Å²) in [5.74, 6) is 0.690. The molecule has 0 N–H and O–H groups in total. The first-order chi connectivity index (χ1) is 16.8. The Morgan fingerprint density at radius 1 is 1.03 bits per heavy atom. The van der Waals surface area contributed by atoms with Gasteiger partial charge in [0.05, 0.1) is 24.5 Å². The van der Waals surface area contributed by atoms with Gasteiger partial charge in [-0.1, -0.05) is 24.3 Å². The monoisotopic (exact) mass is 498 g/mol. The van der Waals surface area contributed by atoms with Crippen molar-refractivity contribution in [2.24, 2.45) is 0 Å². The van der Waals surface area contributed by atoms with Crippen LogP contribution in [-0.4, -0.2) is 68.6 Å². The standard InChI is InChI=1S/C27H34N2O5S/c1-35(32,33)25-13-10-22(11-14-25)19-26(30)28-15-5-17-34-24-8-4-6-21(18-24)9-12-23-7-2-3-16-29(23)27(31)20-28/h4,6,8,10-11,13-14,18,23H,2-3,5,7,9,12,15-17,19-20H2,1H3. The van der Waals surface area contributed by atoms with E-state index in [0.717, 1.165) is 56.2 Å². The molecule has 2 aliphatic heterocycles. The maximum absolute atomic E-state index is 13.4. The highest BCUT2D eigenvalue weighted by Crippen LogP contribution is 2.24. The lowest BCUT2D eigenvalue weighted by atomic mass is 9.95. The molecule has 0 spiro atoms. The summed E-state index contributed by atoms with van der Waals surface area (Å²) in [4.78, 5) is 30.4. The number of benzene rings is 2. The van der Waals surface area contributed by atoms with Crippen LogP contribution >= 0.6 is 0 Å². The van der Waals surface area contributed by atoms with Gasteiger partial charge in [-0.25, -0.2) is 8.42 Å². The Balaban J connectivity index is 1.50. The van der Waals surface area contributed by atoms with Crippen molar-refractivity contribution in [1.82, 2.24) is 9.80 Å². The summed E-state index contributed by atoms with van der Waals surface area (Å²) in [6.07, 6.45) is 6.77. The molecule has 0 saturated carbocycles. The molecule has 4 rings (SSSR count). The molecule has 35 heavy (non-hydrogen) atoms. The van der Waals surface area contributed by atoms with Gasteiger partial charge in [-0.3, -0.25) is 9.59 Å². The molecule has 0 aromatic heterocycles. The molecule has 2 amide bonds. The summed E-state index contributed by atoms with van der Waals surface area (Å²) in [5, 5.41) is 0. The number of amides is 2. The molecule has 1 saturated heterocycles. The van der Waals surface area contributed by atoms with Gasteiger partial charge < -0.3 is 14.5 Å². The highest BCUT2D eigenvalue weighted by atomic mass is 32.2. The van der Waals surface area contributed by atoms with E-state index in [1.54, 1.807) is 17.0 Å². The highest BCUT2D eigenvalue weighted by Gasteiger charge is 2.29. The van der Waals surface area contributed by atoms with Gasteiger partial charge in [0.25, 0.3) is 0 Å². The van der Waals surface area contributed by atoms with E-state index in [-0.39, 0.29) is 35.7 Å². The quantitative estimate of drug-likeness (QED) is 0.649. The lowest BCUT2D eigenvalue weighted by Gasteiger charge is -2.37. The topological polar surface area (TPSA) is 84.0 Å². The molecule has 1 atom stereocenters. The second kappa shape index (κ2) is 11.2. The molecule has 2 heterocycles. The second-order valence-corrected chi connectivity index (χ2v) is 11.5. The number of ether oxygens (including phenoxy) is 1. The van der Waals surface area contributed by atoms with Gasteiger partial charge in [0.1, 0.15) is 5.75 Å². The number of hydrogen-bond donors (Lipinski definition) is 0. The highest BCUT2D eigenvalue weighted by molar-refractivity contribution is 7.90. The van der Waals surface area contributed by atoms with Crippen molar-refractivity contribution < 1.29 is 22.7 Å². The number of nitrogens with zero attached hydrogens (tertiary/aromatic N) is 2. The predicted octanol–water partition coefficient (Wildman–Crippen LogP) is 3.26. The first kappa shape index (κ1) is 25.2. The Bertz CT molecular complexity index is 1150. The third-order valence-electron chi connectivity index (χ3n) is 6.84. The van der Waals surface area contributed by atoms with Gasteiger partial charge in [0.15, 0.2) is 9.84 Å². The summed E-state index contributed by atoms with van der Waals surface area (Å²) < 4.78 is 29.4. The fourth-order valence-electron chi connectivity index (χ4n) is 4.89. The normalized spacial score (nSPS) is 19.9. The van der Waals surface area contributed by atoms with Gasteiger partial charge in [0.2, 0.25) is 11.8 Å². The predicted molar refractivity (Wildman–Crippen MR) is 134 cm³/mol. The van der Waals surface area contributed by atoms with Crippen LogP contribution in [-0.2, 0) is 32.3 Å². The van der Waals surface area contributed by atoms with Crippen molar-refractivity contribution in [3.63, 3.8) is 0 Å². The van der Waals surface area contributed by atoms with Crippen molar-refractivity contribution >= 4 is 21.7 Å². The van der Waals surface area contributed by atoms with Gasteiger partial charge in [-0.2, -0.15) is 0 Å². The molecule has 1 fully saturated rings. The van der Waals surface area contributed by atoms with E-state index in [0.29, 0.717) is 19.6 Å². The number of hydrogen-bond acceptors (Lipinski definition) is 5. The van der Waals surface area contributed by atoms with E-state index in [4.69, 9.17) is 4.74 Å². The number of carbonyl (C=O) groups is 2. The van der Waals surface area contributed by atoms with Crippen molar-refractivity contribution in [1.29, 1.82) is 0 Å². The summed E-state index contributed by atoms with van der Waals surface area (Å²) in [5.41, 5.74) is 1.94. The van der Waals surface area contributed by atoms with Crippen LogP contribution in [0.5, 0.6) is 5.75 Å². The van der Waals surface area contributed by atoms with Gasteiger partial charge in [0, 0.05) is 25.4 Å². The number of fused-ring (bicyclic) bond motifs is 3. The number of piperidine rings is 1. The van der Waals surface area contributed by atoms with Crippen LogP contribution in [0.15, 0.2) is 53.4 Å². The van der Waals surface area contributed by atoms with E-state index in [1.165, 1.54) is 17.7 Å². The summed E-state index contributed by atoms with van der Waals surface area (Å²) in [7, 11) is -3.29. The molecule has 2 aliphatic rings. The van der Waals surface area contributed by atoms with E-state index in [1.807, 2.05) is 17.0 Å². The van der Waals surface area contributed by atoms with Crippen LogP contribution in [0, 0.1) is 0 Å². The van der Waals surface area contributed by atoms with E-state index < -0.39 is 9.84 Å². The van der Waals surface area contributed by atoms with Crippen LogP contribution < -0.4 is 4.74 Å². The number of aryl methyl sites for hydroxylation is 1. The average molecular weight is 499 g/mol. The lowest BCUT2D eigenvalue weighted by molar-refractivity contribution is -0.142. The molecular weight excluding hydrogens is 464 g/mol. The first-order valence-electron chi connectivity index (χ1n) is 12.4. The Morgan fingerprint density at radius 2 is 1.83 bits per heavy atom. The molecule has 0 aliphatic carbocycles. The minimum atomic E-state index is -3.29. The Hall–Kier alpha value is -2.87. The number of carbonyl (C=O) groups excluding carboxylic acids is 2. The van der Waals surface area contributed by atoms with Gasteiger partial charge in [-0.15, -0.1) is 0 Å². The smallest absolute Gasteiger partial charge is 0.242 e. The SMILES string of the molecule is CS(=O)(=O)c1ccc(CC(=O)N2CCCOc3cccc(c3)CCC3CCCCN3C(=O)C2)cc1. The molecule has 1 unspecified atom stereocenters. The zero-order valence-corrected chi connectivity index (χ0v) is 21.1. The van der Waals surface area contributed by atoms with Crippen molar-refractivity contribution in [2.75, 3.05) is 32.5 Å². The Kier molecular flexibility index (Phi) is 8.11. The lowest BCUT2D eigenvalue weighted by Crippen LogP contribution is -2.49. The van der Waals surface area contributed by atoms with Crippen LogP contribution in [0.25, 0.3) is 0 Å². The third kappa shape index (κ3) is 6.84. The zero-order valence-electron chi connectivity index (χ0n) is 20.3. The fraction of sp³-hybridized carbons (Fsp3) is 0.481. The summed E-state index contributed by atoms with van der Waals surface area (Å²) in [6, 6.07) is 14.7.